The summed E-state index contributed by atoms with van der Waals surface area (Å²) in [5.41, 5.74) is 0. The summed E-state index contributed by atoms with van der Waals surface area (Å²) in [6, 6.07) is 0. The van der Waals surface area contributed by atoms with Gasteiger partial charge in [0.05, 0.1) is 0 Å². The second-order valence-corrected chi connectivity index (χ2v) is 2.95. The van der Waals surface area contributed by atoms with Gasteiger partial charge < -0.3 is 6.42 Å². The Morgan fingerprint density at radius 1 is 1.09 bits per heavy atom. The third kappa shape index (κ3) is 8.91. The van der Waals surface area contributed by atoms with Crippen molar-refractivity contribution in [3.8, 4) is 0 Å². The fraction of sp³-hybridized carbons (Fsp3) is 0.900. The summed E-state index contributed by atoms with van der Waals surface area (Å²) < 4.78 is 0. The van der Waals surface area contributed by atoms with Gasteiger partial charge in [0, 0.05) is 0 Å². The zero-order chi connectivity index (χ0) is 7.82. The molecule has 11 heavy (non-hydrogen) atoms. The van der Waals surface area contributed by atoms with Gasteiger partial charge in [0.25, 0.3) is 0 Å². The molecule has 0 amide bonds. The van der Waals surface area contributed by atoms with Crippen LogP contribution in [0.2, 0.25) is 0 Å². The van der Waals surface area contributed by atoms with Gasteiger partial charge in [0.2, 0.25) is 0 Å². The second-order valence-electron chi connectivity index (χ2n) is 2.95. The predicted molar refractivity (Wildman–Crippen MR) is 47.9 cm³/mol. The molecule has 0 fully saturated rings. The summed E-state index contributed by atoms with van der Waals surface area (Å²) in [7, 11) is 0. The quantitative estimate of drug-likeness (QED) is 0.310. The molecule has 62 valence electrons. The van der Waals surface area contributed by atoms with E-state index in [9.17, 15) is 0 Å². The topological polar surface area (TPSA) is 0 Å². The smallest absolute Gasteiger partial charge is 0.325 e. The fourth-order valence-electron chi connectivity index (χ4n) is 1.18. The van der Waals surface area contributed by atoms with Gasteiger partial charge in [-0.15, -0.1) is 0 Å². The number of unbranched alkanes of at least 4 members (excludes halogenated alkanes) is 2. The van der Waals surface area contributed by atoms with Gasteiger partial charge in [0.15, 0.2) is 0 Å². The molecule has 0 rings (SSSR count). The summed E-state index contributed by atoms with van der Waals surface area (Å²) in [4.78, 5) is 0. The number of rotatable bonds is 6. The SMILES string of the molecule is CCCC[CH-]C(CC)CC.[Na+]. The van der Waals surface area contributed by atoms with Gasteiger partial charge in [-0.25, -0.2) is 0 Å². The Labute approximate surface area is 94.4 Å². The van der Waals surface area contributed by atoms with Crippen LogP contribution in [0.25, 0.3) is 0 Å². The van der Waals surface area contributed by atoms with Gasteiger partial charge in [-0.2, -0.15) is 12.3 Å². The van der Waals surface area contributed by atoms with E-state index >= 15 is 0 Å². The molecule has 1 heteroatoms. The van der Waals surface area contributed by atoms with Crippen LogP contribution < -0.4 is 29.6 Å². The molecule has 0 radical (unpaired) electrons. The first-order valence-corrected chi connectivity index (χ1v) is 4.68. The predicted octanol–water partition coefficient (Wildman–Crippen LogP) is 0.821. The Hall–Kier alpha value is 1.00. The average molecular weight is 164 g/mol. The van der Waals surface area contributed by atoms with Crippen molar-refractivity contribution in [2.75, 3.05) is 0 Å². The Bertz CT molecular complexity index is 57.9. The van der Waals surface area contributed by atoms with Crippen LogP contribution in [-0.2, 0) is 0 Å². The van der Waals surface area contributed by atoms with E-state index in [1.54, 1.807) is 0 Å². The molecule has 0 saturated carbocycles. The van der Waals surface area contributed by atoms with Crippen molar-refractivity contribution >= 4 is 0 Å². The third-order valence-corrected chi connectivity index (χ3v) is 2.11. The Balaban J connectivity index is 0. The summed E-state index contributed by atoms with van der Waals surface area (Å²) >= 11 is 0. The summed E-state index contributed by atoms with van der Waals surface area (Å²) in [6.45, 7) is 6.80. The third-order valence-electron chi connectivity index (χ3n) is 2.11. The van der Waals surface area contributed by atoms with E-state index < -0.39 is 0 Å². The molecule has 0 aliphatic rings. The maximum absolute atomic E-state index is 2.49. The monoisotopic (exact) mass is 164 g/mol. The van der Waals surface area contributed by atoms with E-state index in [1.165, 1.54) is 32.1 Å². The number of hydrogen-bond donors (Lipinski definition) is 0. The Kier molecular flexibility index (Phi) is 14.5. The van der Waals surface area contributed by atoms with Crippen molar-refractivity contribution in [3.05, 3.63) is 6.42 Å². The van der Waals surface area contributed by atoms with Gasteiger partial charge in [-0.1, -0.05) is 46.5 Å². The molecule has 0 bridgehead atoms. The minimum Gasteiger partial charge on any atom is -0.325 e. The molecular weight excluding hydrogens is 143 g/mol. The van der Waals surface area contributed by atoms with E-state index in [1.807, 2.05) is 0 Å². The Morgan fingerprint density at radius 2 is 1.64 bits per heavy atom. The molecule has 0 heterocycles. The van der Waals surface area contributed by atoms with Crippen LogP contribution in [0.5, 0.6) is 0 Å². The maximum atomic E-state index is 2.49. The molecule has 0 aliphatic carbocycles. The zero-order valence-electron chi connectivity index (χ0n) is 8.69. The van der Waals surface area contributed by atoms with Crippen LogP contribution in [0, 0.1) is 12.3 Å². The van der Waals surface area contributed by atoms with Crippen LogP contribution in [-0.4, -0.2) is 0 Å². The van der Waals surface area contributed by atoms with Crippen LogP contribution in [0.3, 0.4) is 0 Å². The van der Waals surface area contributed by atoms with Gasteiger partial charge in [0.1, 0.15) is 0 Å². The molecular formula is C10H21Na. The molecule has 0 aromatic heterocycles. The van der Waals surface area contributed by atoms with Crippen LogP contribution in [0.4, 0.5) is 0 Å². The van der Waals surface area contributed by atoms with Crippen LogP contribution in [0.15, 0.2) is 0 Å². The standard InChI is InChI=1S/C10H21.Na/c1-4-7-8-9-10(5-2)6-3;/h9-10H,4-8H2,1-3H3;/q-1;+1. The van der Waals surface area contributed by atoms with Gasteiger partial charge in [-0.3, -0.25) is 0 Å². The molecule has 0 aromatic carbocycles. The maximum Gasteiger partial charge on any atom is 1.00 e. The van der Waals surface area contributed by atoms with Crippen molar-refractivity contribution in [1.29, 1.82) is 0 Å². The first-order chi connectivity index (χ1) is 4.85. The van der Waals surface area contributed by atoms with Crippen LogP contribution in [0.1, 0.15) is 52.9 Å². The van der Waals surface area contributed by atoms with E-state index in [2.05, 4.69) is 27.2 Å². The molecule has 0 N–H and O–H groups in total. The summed E-state index contributed by atoms with van der Waals surface area (Å²) in [5, 5.41) is 0. The van der Waals surface area contributed by atoms with Crippen LogP contribution >= 0.6 is 0 Å². The van der Waals surface area contributed by atoms with Crippen molar-refractivity contribution in [1.82, 2.24) is 0 Å². The summed E-state index contributed by atoms with van der Waals surface area (Å²) in [6.07, 6.45) is 9.15. The first-order valence-electron chi connectivity index (χ1n) is 4.68. The Morgan fingerprint density at radius 3 is 2.00 bits per heavy atom. The van der Waals surface area contributed by atoms with Gasteiger partial charge >= 0.3 is 29.6 Å². The molecule has 0 aliphatic heterocycles. The van der Waals surface area contributed by atoms with Crippen molar-refractivity contribution in [2.24, 2.45) is 5.92 Å². The molecule has 0 aromatic rings. The molecule has 0 atom stereocenters. The minimum atomic E-state index is 0. The minimum absolute atomic E-state index is 0. The molecule has 0 spiro atoms. The summed E-state index contributed by atoms with van der Waals surface area (Å²) in [5.74, 6) is 0.881. The number of hydrogen-bond acceptors (Lipinski definition) is 0. The van der Waals surface area contributed by atoms with Crippen molar-refractivity contribution < 1.29 is 29.6 Å². The fourth-order valence-corrected chi connectivity index (χ4v) is 1.18. The van der Waals surface area contributed by atoms with E-state index in [0.717, 1.165) is 5.92 Å². The van der Waals surface area contributed by atoms with E-state index in [-0.39, 0.29) is 29.6 Å². The van der Waals surface area contributed by atoms with Crippen molar-refractivity contribution in [3.63, 3.8) is 0 Å². The largest absolute Gasteiger partial charge is 1.00 e. The van der Waals surface area contributed by atoms with Gasteiger partial charge in [-0.05, 0) is 0 Å². The van der Waals surface area contributed by atoms with E-state index in [4.69, 9.17) is 0 Å². The van der Waals surface area contributed by atoms with Crippen molar-refractivity contribution in [2.45, 2.75) is 52.9 Å². The van der Waals surface area contributed by atoms with E-state index in [0.29, 0.717) is 0 Å². The normalized spacial score (nSPS) is 9.82. The average Bonchev–Trinajstić information content (AvgIpc) is 1.99. The second kappa shape index (κ2) is 11.0. The molecule has 0 nitrogen and oxygen atoms in total. The first kappa shape index (κ1) is 14.5. The zero-order valence-corrected chi connectivity index (χ0v) is 10.7. The molecule has 0 unspecified atom stereocenters. The molecule has 0 saturated heterocycles.